The molecule has 0 amide bonds. The minimum atomic E-state index is 0. The largest absolute Gasteiger partial charge is 0.0776 e. The first-order chi connectivity index (χ1) is 11.9. The highest BCUT2D eigenvalue weighted by Gasteiger charge is 2.12. The van der Waals surface area contributed by atoms with Crippen LogP contribution in [0.5, 0.6) is 0 Å². The maximum Gasteiger partial charge on any atom is -0.0415 e. The Labute approximate surface area is 175 Å². The van der Waals surface area contributed by atoms with Gasteiger partial charge in [-0.3, -0.25) is 0 Å². The minimum absolute atomic E-state index is 0. The van der Waals surface area contributed by atoms with Gasteiger partial charge in [-0.2, -0.15) is 0 Å². The van der Waals surface area contributed by atoms with Crippen molar-refractivity contribution in [1.82, 2.24) is 0 Å². The van der Waals surface area contributed by atoms with Crippen molar-refractivity contribution < 1.29 is 0 Å². The first-order valence-corrected chi connectivity index (χ1v) is 11.9. The van der Waals surface area contributed by atoms with E-state index in [0.29, 0.717) is 0 Å². The van der Waals surface area contributed by atoms with Gasteiger partial charge in [0, 0.05) is 0 Å². The Kier molecular flexibility index (Phi) is 142. The lowest BCUT2D eigenvalue weighted by Gasteiger charge is -2.21. The fraction of sp³-hybridized carbons (Fsp3) is 1.00. The third-order valence-electron chi connectivity index (χ3n) is 3.09. The SMILES string of the molecule is C.CC.CC.CC.CC.CCC.CCC.CCC(C)CC(C)C(C)CC. The molecule has 0 heterocycles. The Morgan fingerprint density at radius 1 is 0.462 bits per heavy atom. The Bertz CT molecular complexity index is 105. The van der Waals surface area contributed by atoms with Crippen LogP contribution in [0.2, 0.25) is 0 Å². The van der Waals surface area contributed by atoms with Crippen LogP contribution in [0.4, 0.5) is 0 Å². The first kappa shape index (κ1) is 50.2. The quantitative estimate of drug-likeness (QED) is 0.444. The summed E-state index contributed by atoms with van der Waals surface area (Å²) in [6.45, 7) is 36.2. The van der Waals surface area contributed by atoms with E-state index in [4.69, 9.17) is 0 Å². The minimum Gasteiger partial charge on any atom is -0.0776 e. The maximum absolute atomic E-state index is 2.39. The highest BCUT2D eigenvalue weighted by Crippen LogP contribution is 2.23. The molecule has 0 aliphatic carbocycles. The van der Waals surface area contributed by atoms with Crippen molar-refractivity contribution in [1.29, 1.82) is 0 Å². The van der Waals surface area contributed by atoms with E-state index in [9.17, 15) is 0 Å². The molecule has 0 N–H and O–H groups in total. The van der Waals surface area contributed by atoms with Crippen LogP contribution in [-0.2, 0) is 0 Å². The van der Waals surface area contributed by atoms with Gasteiger partial charge in [-0.05, 0) is 24.2 Å². The molecule has 0 aromatic rings. The molecule has 0 bridgehead atoms. The molecule has 0 aromatic heterocycles. The molecule has 0 spiro atoms. The molecule has 172 valence electrons. The standard InChI is InChI=1S/C11H24.2C3H8.4C2H6.CH4/c1-6-9(3)8-11(5)10(4)7-2;2*1-3-2;4*1-2;/h9-11H,6-8H2,1-5H3;2*3H2,1-2H3;4*1-2H3;1H4. The fourth-order valence-electron chi connectivity index (χ4n) is 1.44. The van der Waals surface area contributed by atoms with Crippen molar-refractivity contribution in [3.63, 3.8) is 0 Å². The third kappa shape index (κ3) is 88.2. The predicted octanol–water partition coefficient (Wildman–Crippen LogP) is 11.7. The van der Waals surface area contributed by atoms with Crippen LogP contribution < -0.4 is 0 Å². The highest BCUT2D eigenvalue weighted by atomic mass is 14.2. The zero-order valence-corrected chi connectivity index (χ0v) is 22.3. The average molecular weight is 381 g/mol. The number of hydrogen-bond acceptors (Lipinski definition) is 0. The van der Waals surface area contributed by atoms with Crippen molar-refractivity contribution in [3.05, 3.63) is 0 Å². The Morgan fingerprint density at radius 2 is 0.692 bits per heavy atom. The van der Waals surface area contributed by atoms with Gasteiger partial charge in [0.25, 0.3) is 0 Å². The molecule has 26 heavy (non-hydrogen) atoms. The molecule has 0 saturated carbocycles. The van der Waals surface area contributed by atoms with Gasteiger partial charge >= 0.3 is 0 Å². The van der Waals surface area contributed by atoms with Crippen LogP contribution in [0.15, 0.2) is 0 Å². The van der Waals surface area contributed by atoms with Crippen LogP contribution in [0.1, 0.15) is 157 Å². The van der Waals surface area contributed by atoms with Gasteiger partial charge in [-0.15, -0.1) is 0 Å². The Balaban J connectivity index is -0.0000000302. The summed E-state index contributed by atoms with van der Waals surface area (Å²) in [5, 5.41) is 0. The second-order valence-corrected chi connectivity index (χ2v) is 5.53. The van der Waals surface area contributed by atoms with Crippen LogP contribution >= 0.6 is 0 Å². The summed E-state index contributed by atoms with van der Waals surface area (Å²) < 4.78 is 0. The van der Waals surface area contributed by atoms with Crippen molar-refractivity contribution in [2.24, 2.45) is 17.8 Å². The third-order valence-corrected chi connectivity index (χ3v) is 3.09. The zero-order valence-electron chi connectivity index (χ0n) is 22.3. The van der Waals surface area contributed by atoms with E-state index in [0.717, 1.165) is 17.8 Å². The van der Waals surface area contributed by atoms with Crippen molar-refractivity contribution in [2.75, 3.05) is 0 Å². The Morgan fingerprint density at radius 3 is 0.846 bits per heavy atom. The van der Waals surface area contributed by atoms with Gasteiger partial charge in [-0.25, -0.2) is 0 Å². The first-order valence-electron chi connectivity index (χ1n) is 11.9. The van der Waals surface area contributed by atoms with Crippen LogP contribution in [-0.4, -0.2) is 0 Å². The summed E-state index contributed by atoms with van der Waals surface area (Å²) in [4.78, 5) is 0. The number of hydrogen-bond donors (Lipinski definition) is 0. The number of rotatable bonds is 5. The molecule has 0 rings (SSSR count). The van der Waals surface area contributed by atoms with Crippen molar-refractivity contribution in [2.45, 2.75) is 157 Å². The summed E-state index contributed by atoms with van der Waals surface area (Å²) in [5.74, 6) is 2.73. The second-order valence-electron chi connectivity index (χ2n) is 5.53. The van der Waals surface area contributed by atoms with Crippen LogP contribution in [0, 0.1) is 17.8 Å². The molecule has 0 heteroatoms. The lowest BCUT2D eigenvalue weighted by atomic mass is 9.85. The van der Waals surface area contributed by atoms with Gasteiger partial charge in [0.1, 0.15) is 0 Å². The summed E-state index contributed by atoms with van der Waals surface area (Å²) >= 11 is 0. The van der Waals surface area contributed by atoms with Crippen LogP contribution in [0.3, 0.4) is 0 Å². The molecule has 0 saturated heterocycles. The fourth-order valence-corrected chi connectivity index (χ4v) is 1.44. The second kappa shape index (κ2) is 73.5. The normalized spacial score (nSPS) is 10.5. The van der Waals surface area contributed by atoms with Gasteiger partial charge in [-0.1, -0.05) is 151 Å². The van der Waals surface area contributed by atoms with Gasteiger partial charge in [0.05, 0.1) is 0 Å². The van der Waals surface area contributed by atoms with Crippen molar-refractivity contribution in [3.8, 4) is 0 Å². The zero-order chi connectivity index (χ0) is 22.3. The summed E-state index contributed by atoms with van der Waals surface area (Å²) in [7, 11) is 0. The summed E-state index contributed by atoms with van der Waals surface area (Å²) in [6, 6.07) is 0. The molecule has 3 unspecified atom stereocenters. The maximum atomic E-state index is 2.39. The molecular weight excluding hydrogens is 312 g/mol. The monoisotopic (exact) mass is 381 g/mol. The van der Waals surface area contributed by atoms with E-state index in [2.05, 4.69) is 62.3 Å². The smallest absolute Gasteiger partial charge is 0.0415 e. The molecular formula is C26H68. The molecule has 0 aliphatic heterocycles. The summed E-state index contributed by atoms with van der Waals surface area (Å²) in [5.41, 5.74) is 0. The molecule has 0 aromatic carbocycles. The van der Waals surface area contributed by atoms with Gasteiger partial charge < -0.3 is 0 Å². The van der Waals surface area contributed by atoms with Crippen molar-refractivity contribution >= 4 is 0 Å². The van der Waals surface area contributed by atoms with E-state index in [1.165, 1.54) is 32.1 Å². The highest BCUT2D eigenvalue weighted by molar-refractivity contribution is 4.63. The average Bonchev–Trinajstić information content (AvgIpc) is 2.68. The van der Waals surface area contributed by atoms with E-state index in [-0.39, 0.29) is 7.43 Å². The van der Waals surface area contributed by atoms with E-state index >= 15 is 0 Å². The van der Waals surface area contributed by atoms with E-state index in [1.54, 1.807) is 0 Å². The summed E-state index contributed by atoms with van der Waals surface area (Å²) in [6.07, 6.45) is 6.57. The lowest BCUT2D eigenvalue weighted by Crippen LogP contribution is -2.10. The lowest BCUT2D eigenvalue weighted by molar-refractivity contribution is 0.303. The predicted molar refractivity (Wildman–Crippen MR) is 137 cm³/mol. The van der Waals surface area contributed by atoms with Gasteiger partial charge in [0.15, 0.2) is 0 Å². The topological polar surface area (TPSA) is 0 Å². The van der Waals surface area contributed by atoms with E-state index in [1.807, 2.05) is 55.4 Å². The Hall–Kier alpha value is 0. The molecule has 0 radical (unpaired) electrons. The molecule has 3 atom stereocenters. The van der Waals surface area contributed by atoms with Gasteiger partial charge in [0.2, 0.25) is 0 Å². The molecule has 0 fully saturated rings. The van der Waals surface area contributed by atoms with Crippen LogP contribution in [0.25, 0.3) is 0 Å². The molecule has 0 nitrogen and oxygen atoms in total. The molecule has 0 aliphatic rings. The van der Waals surface area contributed by atoms with E-state index < -0.39 is 0 Å².